The average molecular weight is 426 g/mol. The number of benzene rings is 2. The van der Waals surface area contributed by atoms with E-state index < -0.39 is 10.7 Å². The molecule has 8 nitrogen and oxygen atoms in total. The third-order valence-electron chi connectivity index (χ3n) is 4.30. The highest BCUT2D eigenvalue weighted by Crippen LogP contribution is 2.26. The molecule has 9 heteroatoms. The van der Waals surface area contributed by atoms with Crippen molar-refractivity contribution in [2.24, 2.45) is 5.41 Å². The maximum atomic E-state index is 12.8. The predicted molar refractivity (Wildman–Crippen MR) is 115 cm³/mol. The lowest BCUT2D eigenvalue weighted by Gasteiger charge is -2.17. The number of nitrogens with zero attached hydrogens (tertiary/aromatic N) is 4. The van der Waals surface area contributed by atoms with Crippen LogP contribution in [-0.4, -0.2) is 42.3 Å². The fourth-order valence-electron chi connectivity index (χ4n) is 2.49. The number of aromatic nitrogens is 4. The third kappa shape index (κ3) is 5.04. The molecule has 1 amide bonds. The summed E-state index contributed by atoms with van der Waals surface area (Å²) in [6.07, 6.45) is 0. The van der Waals surface area contributed by atoms with Crippen molar-refractivity contribution in [3.05, 3.63) is 54.1 Å². The van der Waals surface area contributed by atoms with Crippen LogP contribution >= 0.6 is 11.8 Å². The van der Waals surface area contributed by atoms with Gasteiger partial charge in [-0.3, -0.25) is 9.59 Å². The van der Waals surface area contributed by atoms with Crippen molar-refractivity contribution in [3.63, 3.8) is 0 Å². The molecular weight excluding hydrogens is 402 g/mol. The van der Waals surface area contributed by atoms with E-state index in [-0.39, 0.29) is 17.4 Å². The minimum Gasteiger partial charge on any atom is -0.508 e. The molecule has 2 aromatic carbocycles. The van der Waals surface area contributed by atoms with Gasteiger partial charge in [0.1, 0.15) is 5.75 Å². The maximum absolute atomic E-state index is 12.8. The number of tetrazole rings is 1. The smallest absolute Gasteiger partial charge is 0.229 e. The second-order valence-corrected chi connectivity index (χ2v) is 9.10. The molecule has 1 atom stereocenters. The van der Waals surface area contributed by atoms with Crippen LogP contribution in [0.25, 0.3) is 5.69 Å². The van der Waals surface area contributed by atoms with Crippen molar-refractivity contribution in [3.8, 4) is 11.4 Å². The fraction of sp³-hybridized carbons (Fsp3) is 0.286. The molecule has 0 saturated heterocycles. The quantitative estimate of drug-likeness (QED) is 0.457. The number of phenolic OH excluding ortho intramolecular Hbond substituents is 1. The Morgan fingerprint density at radius 2 is 1.70 bits per heavy atom. The summed E-state index contributed by atoms with van der Waals surface area (Å²) in [4.78, 5) is 24.9. The molecule has 1 aromatic heterocycles. The van der Waals surface area contributed by atoms with Crippen LogP contribution in [0.1, 0.15) is 38.1 Å². The minimum absolute atomic E-state index is 0.0750. The van der Waals surface area contributed by atoms with Crippen molar-refractivity contribution >= 4 is 29.1 Å². The van der Waals surface area contributed by atoms with Crippen molar-refractivity contribution in [1.82, 2.24) is 20.2 Å². The van der Waals surface area contributed by atoms with Crippen molar-refractivity contribution in [2.75, 3.05) is 5.32 Å². The molecule has 0 saturated carbocycles. The van der Waals surface area contributed by atoms with Crippen LogP contribution in [-0.2, 0) is 4.79 Å². The van der Waals surface area contributed by atoms with E-state index in [1.54, 1.807) is 55.5 Å². The first kappa shape index (κ1) is 21.5. The molecule has 156 valence electrons. The highest BCUT2D eigenvalue weighted by molar-refractivity contribution is 8.00. The van der Waals surface area contributed by atoms with Crippen LogP contribution in [0.3, 0.4) is 0 Å². The Morgan fingerprint density at radius 3 is 2.30 bits per heavy atom. The molecule has 0 radical (unpaired) electrons. The zero-order valence-corrected chi connectivity index (χ0v) is 18.0. The Balaban J connectivity index is 1.69. The first-order chi connectivity index (χ1) is 14.1. The van der Waals surface area contributed by atoms with Crippen molar-refractivity contribution < 1.29 is 14.7 Å². The van der Waals surface area contributed by atoms with Crippen LogP contribution in [0.4, 0.5) is 5.69 Å². The first-order valence-corrected chi connectivity index (χ1v) is 10.2. The monoisotopic (exact) mass is 425 g/mol. The van der Waals surface area contributed by atoms with Gasteiger partial charge in [0, 0.05) is 16.7 Å². The van der Waals surface area contributed by atoms with Gasteiger partial charge in [0.15, 0.2) is 5.78 Å². The van der Waals surface area contributed by atoms with E-state index in [4.69, 9.17) is 0 Å². The highest BCUT2D eigenvalue weighted by atomic mass is 32.2. The van der Waals surface area contributed by atoms with Crippen LogP contribution in [0.15, 0.2) is 53.7 Å². The predicted octanol–water partition coefficient (Wildman–Crippen LogP) is 3.72. The molecule has 0 aliphatic carbocycles. The van der Waals surface area contributed by atoms with E-state index in [1.165, 1.54) is 16.4 Å². The summed E-state index contributed by atoms with van der Waals surface area (Å²) in [5, 5.41) is 24.0. The van der Waals surface area contributed by atoms with Gasteiger partial charge in [-0.1, -0.05) is 32.5 Å². The number of carbonyl (C=O) groups is 2. The zero-order chi connectivity index (χ0) is 21.9. The van der Waals surface area contributed by atoms with Gasteiger partial charge in [0.05, 0.1) is 10.9 Å². The van der Waals surface area contributed by atoms with Crippen LogP contribution in [0, 0.1) is 5.41 Å². The number of Topliss-reactive ketones (excluding diaryl/α,β-unsaturated/α-hetero) is 1. The standard InChI is InChI=1S/C21H23N5O3S/c1-13(30-20-23-24-25-26(20)16-9-11-17(27)12-10-16)18(28)14-5-7-15(8-6-14)22-19(29)21(2,3)4/h5-13,27H,1-4H3,(H,22,29). The van der Waals surface area contributed by atoms with Gasteiger partial charge in [-0.2, -0.15) is 4.68 Å². The number of amides is 1. The summed E-state index contributed by atoms with van der Waals surface area (Å²) in [5.41, 5.74) is 1.36. The van der Waals surface area contributed by atoms with Crippen LogP contribution in [0.5, 0.6) is 5.75 Å². The van der Waals surface area contributed by atoms with Gasteiger partial charge in [-0.25, -0.2) is 0 Å². The Hall–Kier alpha value is -3.20. The van der Waals surface area contributed by atoms with Crippen molar-refractivity contribution in [1.29, 1.82) is 0 Å². The molecule has 0 aliphatic rings. The van der Waals surface area contributed by atoms with E-state index in [1.807, 2.05) is 20.8 Å². The maximum Gasteiger partial charge on any atom is 0.229 e. The number of nitrogens with one attached hydrogen (secondary N) is 1. The Morgan fingerprint density at radius 1 is 1.07 bits per heavy atom. The molecule has 2 N–H and O–H groups in total. The summed E-state index contributed by atoms with van der Waals surface area (Å²) in [6.45, 7) is 7.30. The number of thioether (sulfide) groups is 1. The van der Waals surface area contributed by atoms with E-state index in [0.29, 0.717) is 22.1 Å². The molecule has 0 aliphatic heterocycles. The van der Waals surface area contributed by atoms with E-state index >= 15 is 0 Å². The van der Waals surface area contributed by atoms with Crippen LogP contribution in [0.2, 0.25) is 0 Å². The Labute approximate surface area is 178 Å². The summed E-state index contributed by atoms with van der Waals surface area (Å²) < 4.78 is 1.51. The molecule has 3 rings (SSSR count). The van der Waals surface area contributed by atoms with Gasteiger partial charge in [0.2, 0.25) is 11.1 Å². The van der Waals surface area contributed by atoms with Gasteiger partial charge < -0.3 is 10.4 Å². The van der Waals surface area contributed by atoms with Gasteiger partial charge in [-0.15, -0.1) is 5.10 Å². The fourth-order valence-corrected chi connectivity index (χ4v) is 3.38. The molecule has 0 bridgehead atoms. The number of hydrogen-bond acceptors (Lipinski definition) is 7. The third-order valence-corrected chi connectivity index (χ3v) is 5.33. The molecule has 0 spiro atoms. The molecule has 0 fully saturated rings. The lowest BCUT2D eigenvalue weighted by Crippen LogP contribution is -2.27. The Bertz CT molecular complexity index is 1040. The second kappa shape index (κ2) is 8.66. The molecular formula is C21H23N5O3S. The van der Waals surface area contributed by atoms with E-state index in [0.717, 1.165) is 0 Å². The van der Waals surface area contributed by atoms with E-state index in [9.17, 15) is 14.7 Å². The minimum atomic E-state index is -0.499. The number of anilines is 1. The lowest BCUT2D eigenvalue weighted by atomic mass is 9.95. The molecule has 1 heterocycles. The summed E-state index contributed by atoms with van der Waals surface area (Å²) in [5.74, 6) is -0.0211. The van der Waals surface area contributed by atoms with Crippen molar-refractivity contribution in [2.45, 2.75) is 38.1 Å². The second-order valence-electron chi connectivity index (χ2n) is 7.80. The first-order valence-electron chi connectivity index (χ1n) is 9.35. The number of rotatable bonds is 6. The van der Waals surface area contributed by atoms with Gasteiger partial charge in [-0.05, 0) is 65.9 Å². The average Bonchev–Trinajstić information content (AvgIpc) is 3.16. The highest BCUT2D eigenvalue weighted by Gasteiger charge is 2.22. The summed E-state index contributed by atoms with van der Waals surface area (Å²) >= 11 is 1.24. The number of ketones is 1. The normalized spacial score (nSPS) is 12.4. The lowest BCUT2D eigenvalue weighted by molar-refractivity contribution is -0.123. The SMILES string of the molecule is CC(Sc1nnnn1-c1ccc(O)cc1)C(=O)c1ccc(NC(=O)C(C)(C)C)cc1. The number of carbonyl (C=O) groups excluding carboxylic acids is 2. The summed E-state index contributed by atoms with van der Waals surface area (Å²) in [7, 11) is 0. The largest absolute Gasteiger partial charge is 0.508 e. The Kier molecular flexibility index (Phi) is 6.21. The van der Waals surface area contributed by atoms with E-state index in [2.05, 4.69) is 20.8 Å². The van der Waals surface area contributed by atoms with Gasteiger partial charge >= 0.3 is 0 Å². The van der Waals surface area contributed by atoms with Gasteiger partial charge in [0.25, 0.3) is 0 Å². The molecule has 3 aromatic rings. The number of aromatic hydroxyl groups is 1. The number of hydrogen-bond donors (Lipinski definition) is 2. The summed E-state index contributed by atoms with van der Waals surface area (Å²) in [6, 6.07) is 13.3. The van der Waals surface area contributed by atoms with Crippen LogP contribution < -0.4 is 5.32 Å². The molecule has 30 heavy (non-hydrogen) atoms. The molecule has 1 unspecified atom stereocenters. The number of phenols is 1. The topological polar surface area (TPSA) is 110 Å². The zero-order valence-electron chi connectivity index (χ0n) is 17.2.